The topological polar surface area (TPSA) is 59.5 Å². The largest absolute Gasteiger partial charge is 0.488 e. The van der Waals surface area contributed by atoms with Gasteiger partial charge in [0.15, 0.2) is 0 Å². The lowest BCUT2D eigenvalue weighted by atomic mass is 9.87. The Morgan fingerprint density at radius 2 is 1.59 bits per heavy atom. The van der Waals surface area contributed by atoms with E-state index in [0.29, 0.717) is 30.4 Å². The van der Waals surface area contributed by atoms with Gasteiger partial charge in [-0.15, -0.1) is 0 Å². The van der Waals surface area contributed by atoms with Gasteiger partial charge in [-0.25, -0.2) is 4.98 Å². The molecule has 3 aliphatic heterocycles. The molecule has 2 aromatic carbocycles. The van der Waals surface area contributed by atoms with Crippen LogP contribution in [-0.2, 0) is 13.2 Å². The summed E-state index contributed by atoms with van der Waals surface area (Å²) in [6.07, 6.45) is 4.72. The van der Waals surface area contributed by atoms with E-state index in [2.05, 4.69) is 52.4 Å². The van der Waals surface area contributed by atoms with Gasteiger partial charge in [-0.3, -0.25) is 4.99 Å². The highest BCUT2D eigenvalue weighted by Gasteiger charge is 2.30. The number of hydrogen-bond acceptors (Lipinski definition) is 4. The number of hydrogen-bond donors (Lipinski definition) is 1. The van der Waals surface area contributed by atoms with Crippen molar-refractivity contribution in [2.24, 2.45) is 4.99 Å². The second-order valence-electron chi connectivity index (χ2n) is 7.84. The zero-order chi connectivity index (χ0) is 21.7. The quantitative estimate of drug-likeness (QED) is 0.466. The van der Waals surface area contributed by atoms with Crippen LogP contribution in [0.15, 0.2) is 66.4 Å². The molecule has 0 radical (unpaired) electrons. The maximum atomic E-state index is 6.26. The van der Waals surface area contributed by atoms with Gasteiger partial charge < -0.3 is 14.5 Å². The average molecular weight is 457 g/mol. The smallest absolute Gasteiger partial charge is 0.130 e. The Hall–Kier alpha value is -3.00. The third-order valence-electron chi connectivity index (χ3n) is 5.88. The maximum absolute atomic E-state index is 6.26. The second-order valence-corrected chi connectivity index (χ2v) is 10.3. The van der Waals surface area contributed by atoms with E-state index in [1.165, 1.54) is 11.0 Å². The molecule has 0 fully saturated rings. The maximum Gasteiger partial charge on any atom is 0.130 e. The van der Waals surface area contributed by atoms with Crippen molar-refractivity contribution >= 4 is 33.8 Å². The molecule has 3 aromatic rings. The molecular formula is C25H21N3O2P2. The summed E-state index contributed by atoms with van der Waals surface area (Å²) in [5.74, 6) is 5.64. The normalized spacial score (nSPS) is 16.0. The molecule has 6 rings (SSSR count). The molecule has 32 heavy (non-hydrogen) atoms. The number of ether oxygens (including phenoxy) is 2. The molecular weight excluding hydrogens is 436 g/mol. The molecule has 158 valence electrons. The van der Waals surface area contributed by atoms with Gasteiger partial charge in [-0.05, 0) is 44.0 Å². The van der Waals surface area contributed by atoms with Crippen LogP contribution in [0.4, 0.5) is 0 Å². The number of aliphatic imine (C=N–C) groups is 1. The Balaban J connectivity index is 1.38. The van der Waals surface area contributed by atoms with Gasteiger partial charge in [0.25, 0.3) is 0 Å². The fourth-order valence-corrected chi connectivity index (χ4v) is 5.68. The zero-order valence-electron chi connectivity index (χ0n) is 17.4. The summed E-state index contributed by atoms with van der Waals surface area (Å²) in [7, 11) is 1.04. The van der Waals surface area contributed by atoms with Crippen molar-refractivity contribution < 1.29 is 9.47 Å². The molecule has 4 heterocycles. The number of rotatable bonds is 6. The summed E-state index contributed by atoms with van der Waals surface area (Å²) < 4.78 is 12.5. The standard InChI is InChI=1S/C25H21N3O2P2/c1-3-31-22-9-16(10-26-22)14-5-17-12-30-21-8-15(19-11-27-25(28-19)32-4-2)6-18-13-29-20(7-14)23(17)24(18)21/h3-8,10-11,31-32H,1-2,9,12-13H2,(H,27,28). The summed E-state index contributed by atoms with van der Waals surface area (Å²) in [5, 5.41) is 0. The first-order valence-electron chi connectivity index (χ1n) is 10.4. The highest BCUT2D eigenvalue weighted by atomic mass is 31.1. The van der Waals surface area contributed by atoms with Crippen LogP contribution in [0.2, 0.25) is 0 Å². The lowest BCUT2D eigenvalue weighted by molar-refractivity contribution is 0.278. The van der Waals surface area contributed by atoms with E-state index in [4.69, 9.17) is 9.47 Å². The Morgan fingerprint density at radius 3 is 2.31 bits per heavy atom. The Bertz CT molecular complexity index is 1300. The third kappa shape index (κ3) is 3.24. The molecule has 0 aliphatic carbocycles. The lowest BCUT2D eigenvalue weighted by Crippen LogP contribution is -2.15. The number of aromatic amines is 1. The highest BCUT2D eigenvalue weighted by molar-refractivity contribution is 7.61. The first-order valence-corrected chi connectivity index (χ1v) is 12.5. The summed E-state index contributed by atoms with van der Waals surface area (Å²) >= 11 is 0. The molecule has 0 bridgehead atoms. The van der Waals surface area contributed by atoms with Crippen LogP contribution in [-0.4, -0.2) is 15.4 Å². The van der Waals surface area contributed by atoms with Gasteiger partial charge >= 0.3 is 0 Å². The molecule has 1 aromatic heterocycles. The number of allylic oxidation sites excluding steroid dienone is 1. The van der Waals surface area contributed by atoms with E-state index in [1.807, 2.05) is 24.0 Å². The van der Waals surface area contributed by atoms with Gasteiger partial charge in [0.2, 0.25) is 0 Å². The Morgan fingerprint density at radius 1 is 0.906 bits per heavy atom. The number of benzene rings is 2. The first kappa shape index (κ1) is 19.7. The lowest BCUT2D eigenvalue weighted by Gasteiger charge is -2.30. The molecule has 3 aliphatic rings. The summed E-state index contributed by atoms with van der Waals surface area (Å²) in [6, 6.07) is 8.67. The molecule has 2 atom stereocenters. The Labute approximate surface area is 189 Å². The number of nitrogens with one attached hydrogen (secondary N) is 1. The van der Waals surface area contributed by atoms with E-state index >= 15 is 0 Å². The van der Waals surface area contributed by atoms with E-state index in [-0.39, 0.29) is 0 Å². The number of nitrogens with zero attached hydrogens (tertiary/aromatic N) is 2. The Kier molecular flexibility index (Phi) is 4.82. The minimum Gasteiger partial charge on any atom is -0.488 e. The van der Waals surface area contributed by atoms with Crippen molar-refractivity contribution in [3.63, 3.8) is 0 Å². The van der Waals surface area contributed by atoms with Crippen molar-refractivity contribution in [3.05, 3.63) is 78.1 Å². The number of imidazole rings is 1. The number of H-pyrrole nitrogens is 1. The molecule has 7 heteroatoms. The summed E-state index contributed by atoms with van der Waals surface area (Å²) in [6.45, 7) is 8.67. The van der Waals surface area contributed by atoms with Gasteiger partial charge in [0.05, 0.1) is 11.9 Å². The fraction of sp³-hybridized carbons (Fsp3) is 0.120. The van der Waals surface area contributed by atoms with Crippen molar-refractivity contribution in [2.45, 2.75) is 19.6 Å². The van der Waals surface area contributed by atoms with E-state index in [0.717, 1.165) is 62.6 Å². The van der Waals surface area contributed by atoms with E-state index in [1.54, 1.807) is 0 Å². The van der Waals surface area contributed by atoms with Crippen molar-refractivity contribution in [3.8, 4) is 33.9 Å². The molecule has 2 unspecified atom stereocenters. The molecule has 0 saturated carbocycles. The van der Waals surface area contributed by atoms with Crippen LogP contribution >= 0.6 is 17.2 Å². The molecule has 5 nitrogen and oxygen atoms in total. The molecule has 1 N–H and O–H groups in total. The minimum absolute atomic E-state index is 0.465. The van der Waals surface area contributed by atoms with Crippen LogP contribution in [0, 0.1) is 0 Å². The van der Waals surface area contributed by atoms with Crippen molar-refractivity contribution in [1.82, 2.24) is 9.97 Å². The van der Waals surface area contributed by atoms with Crippen LogP contribution < -0.4 is 15.0 Å². The van der Waals surface area contributed by atoms with E-state index < -0.39 is 0 Å². The second kappa shape index (κ2) is 7.85. The molecule has 0 amide bonds. The minimum atomic E-state index is 0.465. The predicted molar refractivity (Wildman–Crippen MR) is 135 cm³/mol. The van der Waals surface area contributed by atoms with Crippen LogP contribution in [0.5, 0.6) is 11.5 Å². The monoisotopic (exact) mass is 457 g/mol. The van der Waals surface area contributed by atoms with Gasteiger partial charge in [0.1, 0.15) is 30.3 Å². The highest BCUT2D eigenvalue weighted by Crippen LogP contribution is 2.50. The van der Waals surface area contributed by atoms with Crippen molar-refractivity contribution in [1.29, 1.82) is 0 Å². The fourth-order valence-electron chi connectivity index (χ4n) is 4.47. The average Bonchev–Trinajstić information content (AvgIpc) is 3.47. The molecule has 0 saturated heterocycles. The number of aromatic nitrogens is 2. The van der Waals surface area contributed by atoms with Gasteiger partial charge in [-0.2, -0.15) is 0 Å². The first-order chi connectivity index (χ1) is 15.7. The summed E-state index contributed by atoms with van der Waals surface area (Å²) in [4.78, 5) is 12.4. The van der Waals surface area contributed by atoms with E-state index in [9.17, 15) is 0 Å². The third-order valence-corrected chi connectivity index (χ3v) is 7.46. The zero-order valence-corrected chi connectivity index (χ0v) is 19.4. The van der Waals surface area contributed by atoms with Crippen LogP contribution in [0.3, 0.4) is 0 Å². The predicted octanol–water partition coefficient (Wildman–Crippen LogP) is 5.94. The summed E-state index contributed by atoms with van der Waals surface area (Å²) in [5.41, 5.74) is 11.1. The van der Waals surface area contributed by atoms with Gasteiger partial charge in [-0.1, -0.05) is 33.4 Å². The molecule has 0 spiro atoms. The van der Waals surface area contributed by atoms with Crippen molar-refractivity contribution in [2.75, 3.05) is 0 Å². The van der Waals surface area contributed by atoms with Crippen LogP contribution in [0.25, 0.3) is 28.0 Å². The van der Waals surface area contributed by atoms with Gasteiger partial charge in [0, 0.05) is 45.9 Å². The SMILES string of the molecule is C=CPC1=NC=C(c2cc3c4c(c2)OCc2cc(-c5cnc(PC=C)[nH]5)cc(c2-4)OC3)C1. The van der Waals surface area contributed by atoms with Crippen LogP contribution in [0.1, 0.15) is 23.1 Å².